The Bertz CT molecular complexity index is 566. The second kappa shape index (κ2) is 8.29. The van der Waals surface area contributed by atoms with Crippen LogP contribution < -0.4 is 11.1 Å². The van der Waals surface area contributed by atoms with Gasteiger partial charge in [0.25, 0.3) is 0 Å². The van der Waals surface area contributed by atoms with E-state index in [2.05, 4.69) is 24.4 Å². The van der Waals surface area contributed by atoms with Crippen LogP contribution in [0.5, 0.6) is 0 Å². The van der Waals surface area contributed by atoms with Crippen molar-refractivity contribution < 1.29 is 9.59 Å². The topological polar surface area (TPSA) is 75.4 Å². The molecule has 24 heavy (non-hydrogen) atoms. The summed E-state index contributed by atoms with van der Waals surface area (Å²) in [5.74, 6) is -0.235. The predicted octanol–water partition coefficient (Wildman–Crippen LogP) is 1.87. The Morgan fingerprint density at radius 2 is 1.88 bits per heavy atom. The molecule has 1 heterocycles. The quantitative estimate of drug-likeness (QED) is 0.763. The number of hydrogen-bond donors (Lipinski definition) is 2. The van der Waals surface area contributed by atoms with Gasteiger partial charge in [-0.1, -0.05) is 44.5 Å². The number of carbonyl (C=O) groups excluding carboxylic acids is 2. The molecule has 0 radical (unpaired) electrons. The highest BCUT2D eigenvalue weighted by atomic mass is 16.2. The summed E-state index contributed by atoms with van der Waals surface area (Å²) in [5, 5.41) is 3.19. The Balaban J connectivity index is 2.15. The van der Waals surface area contributed by atoms with Crippen LogP contribution in [0, 0.1) is 11.8 Å². The normalized spacial score (nSPS) is 17.0. The van der Waals surface area contributed by atoms with Gasteiger partial charge in [-0.25, -0.2) is 0 Å². The molecule has 0 bridgehead atoms. The smallest absolute Gasteiger partial charge is 0.237 e. The minimum Gasteiger partial charge on any atom is -0.368 e. The Hall–Kier alpha value is -1.88. The fourth-order valence-electron chi connectivity index (χ4n) is 3.13. The molecular formula is C19H29N3O2. The lowest BCUT2D eigenvalue weighted by Crippen LogP contribution is -2.51. The highest BCUT2D eigenvalue weighted by molar-refractivity contribution is 5.85. The molecule has 1 fully saturated rings. The highest BCUT2D eigenvalue weighted by Gasteiger charge is 2.34. The van der Waals surface area contributed by atoms with Crippen LogP contribution >= 0.6 is 0 Å². The molecular weight excluding hydrogens is 302 g/mol. The van der Waals surface area contributed by atoms with Gasteiger partial charge in [0.05, 0.1) is 12.6 Å². The van der Waals surface area contributed by atoms with Crippen molar-refractivity contribution in [3.8, 4) is 0 Å². The Morgan fingerprint density at radius 1 is 1.25 bits per heavy atom. The molecule has 3 N–H and O–H groups in total. The largest absolute Gasteiger partial charge is 0.368 e. The summed E-state index contributed by atoms with van der Waals surface area (Å²) in [5.41, 5.74) is 7.71. The monoisotopic (exact) mass is 331 g/mol. The Labute approximate surface area is 144 Å². The third kappa shape index (κ3) is 4.35. The van der Waals surface area contributed by atoms with Crippen molar-refractivity contribution in [3.63, 3.8) is 0 Å². The summed E-state index contributed by atoms with van der Waals surface area (Å²) in [4.78, 5) is 26.0. The summed E-state index contributed by atoms with van der Waals surface area (Å²) < 4.78 is 0. The van der Waals surface area contributed by atoms with Crippen LogP contribution in [0.3, 0.4) is 0 Å². The van der Waals surface area contributed by atoms with Gasteiger partial charge >= 0.3 is 0 Å². The van der Waals surface area contributed by atoms with Crippen LogP contribution in [0.15, 0.2) is 24.3 Å². The van der Waals surface area contributed by atoms with Crippen molar-refractivity contribution >= 4 is 11.8 Å². The third-order valence-corrected chi connectivity index (χ3v) is 4.99. The first kappa shape index (κ1) is 18.5. The molecule has 0 spiro atoms. The number of nitrogens with one attached hydrogen (secondary N) is 1. The summed E-state index contributed by atoms with van der Waals surface area (Å²) in [6.07, 6.45) is 2.15. The summed E-state index contributed by atoms with van der Waals surface area (Å²) >= 11 is 0. The number of rotatable bonds is 8. The second-order valence-corrected chi connectivity index (χ2v) is 6.81. The second-order valence-electron chi connectivity index (χ2n) is 6.81. The molecule has 5 heteroatoms. The van der Waals surface area contributed by atoms with Gasteiger partial charge in [0.2, 0.25) is 11.8 Å². The number of carbonyl (C=O) groups is 2. The molecule has 1 aliphatic heterocycles. The fourth-order valence-corrected chi connectivity index (χ4v) is 3.13. The van der Waals surface area contributed by atoms with E-state index in [1.807, 2.05) is 26.0 Å². The molecule has 1 aliphatic rings. The van der Waals surface area contributed by atoms with Crippen LogP contribution in [-0.4, -0.2) is 36.3 Å². The van der Waals surface area contributed by atoms with Gasteiger partial charge in [0.1, 0.15) is 0 Å². The SMILES string of the molecule is CCCc1ccc(C(C)N(CC(N)=O)C(=O)C(C)C2CNC2)cc1. The minimum atomic E-state index is -0.475. The summed E-state index contributed by atoms with van der Waals surface area (Å²) in [6.45, 7) is 7.73. The molecule has 2 rings (SSSR count). The van der Waals surface area contributed by atoms with Gasteiger partial charge in [0.15, 0.2) is 0 Å². The maximum absolute atomic E-state index is 12.9. The molecule has 132 valence electrons. The van der Waals surface area contributed by atoms with E-state index in [-0.39, 0.29) is 24.4 Å². The van der Waals surface area contributed by atoms with Crippen molar-refractivity contribution in [2.45, 2.75) is 39.7 Å². The van der Waals surface area contributed by atoms with E-state index in [0.29, 0.717) is 5.92 Å². The number of aryl methyl sites for hydroxylation is 1. The molecule has 2 atom stereocenters. The van der Waals surface area contributed by atoms with Gasteiger partial charge in [0, 0.05) is 5.92 Å². The van der Waals surface area contributed by atoms with Crippen molar-refractivity contribution in [1.29, 1.82) is 0 Å². The average molecular weight is 331 g/mol. The van der Waals surface area contributed by atoms with Crippen LogP contribution in [0.2, 0.25) is 0 Å². The van der Waals surface area contributed by atoms with E-state index in [4.69, 9.17) is 5.73 Å². The third-order valence-electron chi connectivity index (χ3n) is 4.99. The molecule has 0 aromatic heterocycles. The fraction of sp³-hybridized carbons (Fsp3) is 0.579. The number of nitrogens with two attached hydrogens (primary N) is 1. The van der Waals surface area contributed by atoms with E-state index in [0.717, 1.165) is 31.5 Å². The van der Waals surface area contributed by atoms with Gasteiger partial charge in [-0.2, -0.15) is 0 Å². The minimum absolute atomic E-state index is 0.00503. The molecule has 1 aromatic carbocycles. The number of primary amides is 1. The van der Waals surface area contributed by atoms with Crippen molar-refractivity contribution in [2.24, 2.45) is 17.6 Å². The summed E-state index contributed by atoms with van der Waals surface area (Å²) in [6, 6.07) is 8.12. The van der Waals surface area contributed by atoms with Crippen LogP contribution in [0.1, 0.15) is 44.4 Å². The Morgan fingerprint density at radius 3 is 2.33 bits per heavy atom. The van der Waals surface area contributed by atoms with Crippen molar-refractivity contribution in [1.82, 2.24) is 10.2 Å². The molecule has 0 saturated carbocycles. The van der Waals surface area contributed by atoms with E-state index in [1.54, 1.807) is 4.90 Å². The predicted molar refractivity (Wildman–Crippen MR) is 95.3 cm³/mol. The van der Waals surface area contributed by atoms with Gasteiger partial charge in [-0.15, -0.1) is 0 Å². The van der Waals surface area contributed by atoms with E-state index in [1.165, 1.54) is 5.56 Å². The molecule has 5 nitrogen and oxygen atoms in total. The van der Waals surface area contributed by atoms with E-state index in [9.17, 15) is 9.59 Å². The average Bonchev–Trinajstić information content (AvgIpc) is 2.50. The first-order valence-corrected chi connectivity index (χ1v) is 8.82. The van der Waals surface area contributed by atoms with Gasteiger partial charge in [-0.05, 0) is 43.5 Å². The molecule has 0 aliphatic carbocycles. The zero-order chi connectivity index (χ0) is 17.7. The van der Waals surface area contributed by atoms with Crippen LogP contribution in [0.25, 0.3) is 0 Å². The maximum Gasteiger partial charge on any atom is 0.237 e. The maximum atomic E-state index is 12.9. The van der Waals surface area contributed by atoms with Gasteiger partial charge < -0.3 is 16.0 Å². The number of amides is 2. The molecule has 2 amide bonds. The zero-order valence-corrected chi connectivity index (χ0v) is 14.9. The first-order valence-electron chi connectivity index (χ1n) is 8.82. The van der Waals surface area contributed by atoms with Crippen LogP contribution in [-0.2, 0) is 16.0 Å². The highest BCUT2D eigenvalue weighted by Crippen LogP contribution is 2.26. The lowest BCUT2D eigenvalue weighted by Gasteiger charge is -2.37. The molecule has 1 saturated heterocycles. The number of benzene rings is 1. The first-order chi connectivity index (χ1) is 11.4. The van der Waals surface area contributed by atoms with Crippen LogP contribution in [0.4, 0.5) is 0 Å². The van der Waals surface area contributed by atoms with Gasteiger partial charge in [-0.3, -0.25) is 9.59 Å². The summed E-state index contributed by atoms with van der Waals surface area (Å²) in [7, 11) is 0. The van der Waals surface area contributed by atoms with E-state index >= 15 is 0 Å². The Kier molecular flexibility index (Phi) is 6.37. The lowest BCUT2D eigenvalue weighted by molar-refractivity contribution is -0.142. The van der Waals surface area contributed by atoms with Crippen molar-refractivity contribution in [3.05, 3.63) is 35.4 Å². The zero-order valence-electron chi connectivity index (χ0n) is 14.9. The van der Waals surface area contributed by atoms with Crippen molar-refractivity contribution in [2.75, 3.05) is 19.6 Å². The number of hydrogen-bond acceptors (Lipinski definition) is 3. The lowest BCUT2D eigenvalue weighted by atomic mass is 9.87. The molecule has 1 aromatic rings. The number of nitrogens with zero attached hydrogens (tertiary/aromatic N) is 1. The van der Waals surface area contributed by atoms with E-state index < -0.39 is 5.91 Å². The molecule has 2 unspecified atom stereocenters. The standard InChI is InChI=1S/C19H29N3O2/c1-4-5-15-6-8-16(9-7-15)14(3)22(12-18(20)23)19(24)13(2)17-10-21-11-17/h6-9,13-14,17,21H,4-5,10-12H2,1-3H3,(H2,20,23).